The van der Waals surface area contributed by atoms with Crippen LogP contribution in [0.25, 0.3) is 0 Å². The van der Waals surface area contributed by atoms with E-state index in [0.29, 0.717) is 5.56 Å². The van der Waals surface area contributed by atoms with E-state index < -0.39 is 15.8 Å². The van der Waals surface area contributed by atoms with Crippen molar-refractivity contribution in [3.63, 3.8) is 0 Å². The lowest BCUT2D eigenvalue weighted by atomic mass is 10.2. The lowest BCUT2D eigenvalue weighted by Gasteiger charge is -2.07. The maximum atomic E-state index is 12.3. The summed E-state index contributed by atoms with van der Waals surface area (Å²) in [5, 5.41) is 12.9. The number of hydrogen-bond donors (Lipinski definition) is 1. The molecule has 0 bridgehead atoms. The number of rotatable bonds is 5. The Hall–Kier alpha value is -2.15. The van der Waals surface area contributed by atoms with Gasteiger partial charge in [-0.1, -0.05) is 29.8 Å². The average Bonchev–Trinajstić information content (AvgIpc) is 2.69. The maximum absolute atomic E-state index is 12.3. The molecule has 0 unspecified atom stereocenters. The molecule has 0 amide bonds. The Morgan fingerprint density at radius 3 is 2.67 bits per heavy atom. The molecule has 112 valence electrons. The molecule has 0 saturated heterocycles. The Morgan fingerprint density at radius 2 is 2.05 bits per heavy atom. The summed E-state index contributed by atoms with van der Waals surface area (Å²) < 4.78 is 25.8. The molecule has 7 heteroatoms. The lowest BCUT2D eigenvalue weighted by Crippen LogP contribution is -2.13. The molecule has 0 spiro atoms. The number of aromatic nitrogens is 2. The van der Waals surface area contributed by atoms with E-state index in [1.807, 2.05) is 13.0 Å². The van der Waals surface area contributed by atoms with Gasteiger partial charge in [0.15, 0.2) is 9.84 Å². The van der Waals surface area contributed by atoms with Crippen LogP contribution in [0, 0.1) is 6.92 Å². The van der Waals surface area contributed by atoms with Gasteiger partial charge in [0, 0.05) is 7.05 Å². The third-order valence-electron chi connectivity index (χ3n) is 3.12. The SMILES string of the molecule is Cc1cccc(CS(=O)(=O)Cc2c(C(=O)O)cnn2C)c1. The van der Waals surface area contributed by atoms with Crippen LogP contribution in [-0.2, 0) is 28.4 Å². The first-order valence-electron chi connectivity index (χ1n) is 6.28. The molecule has 21 heavy (non-hydrogen) atoms. The van der Waals surface area contributed by atoms with Crippen LogP contribution in [0.15, 0.2) is 30.5 Å². The van der Waals surface area contributed by atoms with E-state index in [1.54, 1.807) is 18.2 Å². The number of carboxylic acids is 1. The van der Waals surface area contributed by atoms with Crippen molar-refractivity contribution in [3.8, 4) is 0 Å². The van der Waals surface area contributed by atoms with Gasteiger partial charge in [0.25, 0.3) is 0 Å². The molecular formula is C14H16N2O4S. The summed E-state index contributed by atoms with van der Waals surface area (Å²) in [6, 6.07) is 7.23. The molecule has 0 atom stereocenters. The fraction of sp³-hybridized carbons (Fsp3) is 0.286. The van der Waals surface area contributed by atoms with Crippen molar-refractivity contribution in [1.82, 2.24) is 9.78 Å². The molecule has 2 aromatic rings. The summed E-state index contributed by atoms with van der Waals surface area (Å²) in [4.78, 5) is 11.1. The number of aromatic carboxylic acids is 1. The van der Waals surface area contributed by atoms with E-state index in [-0.39, 0.29) is 22.8 Å². The summed E-state index contributed by atoms with van der Waals surface area (Å²) in [5.41, 5.74) is 1.78. The Labute approximate surface area is 123 Å². The molecule has 1 heterocycles. The molecular weight excluding hydrogens is 292 g/mol. The van der Waals surface area contributed by atoms with E-state index in [9.17, 15) is 13.2 Å². The topological polar surface area (TPSA) is 89.3 Å². The molecule has 0 aliphatic carbocycles. The van der Waals surface area contributed by atoms with Gasteiger partial charge in [-0.25, -0.2) is 13.2 Å². The molecule has 0 aliphatic heterocycles. The monoisotopic (exact) mass is 308 g/mol. The van der Waals surface area contributed by atoms with Crippen LogP contribution in [0.5, 0.6) is 0 Å². The highest BCUT2D eigenvalue weighted by atomic mass is 32.2. The number of benzene rings is 1. The second-order valence-corrected chi connectivity index (χ2v) is 7.02. The second kappa shape index (κ2) is 5.69. The molecule has 0 fully saturated rings. The van der Waals surface area contributed by atoms with E-state index in [0.717, 1.165) is 5.56 Å². The third-order valence-corrected chi connectivity index (χ3v) is 4.60. The third kappa shape index (κ3) is 3.69. The minimum absolute atomic E-state index is 0.0784. The average molecular weight is 308 g/mol. The number of carboxylic acid groups (broad SMARTS) is 1. The van der Waals surface area contributed by atoms with Crippen LogP contribution in [0.3, 0.4) is 0 Å². The number of hydrogen-bond acceptors (Lipinski definition) is 4. The minimum atomic E-state index is -3.48. The van der Waals surface area contributed by atoms with Crippen molar-refractivity contribution in [1.29, 1.82) is 0 Å². The number of sulfone groups is 1. The van der Waals surface area contributed by atoms with Crippen LogP contribution in [-0.4, -0.2) is 29.3 Å². The summed E-state index contributed by atoms with van der Waals surface area (Å²) in [5.74, 6) is -1.65. The zero-order chi connectivity index (χ0) is 15.6. The number of carbonyl (C=O) groups is 1. The first-order chi connectivity index (χ1) is 9.78. The Kier molecular flexibility index (Phi) is 4.13. The molecule has 6 nitrogen and oxygen atoms in total. The minimum Gasteiger partial charge on any atom is -0.478 e. The molecule has 0 aliphatic rings. The van der Waals surface area contributed by atoms with Gasteiger partial charge in [-0.15, -0.1) is 0 Å². The Balaban J connectivity index is 2.26. The number of aryl methyl sites for hydroxylation is 2. The van der Waals surface area contributed by atoms with Gasteiger partial charge in [0.2, 0.25) is 0 Å². The summed E-state index contributed by atoms with van der Waals surface area (Å²) in [6.07, 6.45) is 1.17. The fourth-order valence-electron chi connectivity index (χ4n) is 2.13. The molecule has 2 rings (SSSR count). The zero-order valence-electron chi connectivity index (χ0n) is 11.8. The van der Waals surface area contributed by atoms with Gasteiger partial charge in [0.05, 0.1) is 23.4 Å². The maximum Gasteiger partial charge on any atom is 0.339 e. The summed E-state index contributed by atoms with van der Waals surface area (Å²) in [7, 11) is -1.95. The molecule has 0 saturated carbocycles. The van der Waals surface area contributed by atoms with Gasteiger partial charge in [-0.05, 0) is 12.5 Å². The molecule has 1 aromatic carbocycles. The quantitative estimate of drug-likeness (QED) is 0.905. The van der Waals surface area contributed by atoms with Crippen LogP contribution < -0.4 is 0 Å². The largest absolute Gasteiger partial charge is 0.478 e. The first kappa shape index (κ1) is 15.2. The zero-order valence-corrected chi connectivity index (χ0v) is 12.6. The van der Waals surface area contributed by atoms with Gasteiger partial charge >= 0.3 is 5.97 Å². The normalized spacial score (nSPS) is 11.5. The standard InChI is InChI=1S/C14H16N2O4S/c1-10-4-3-5-11(6-10)8-21(19,20)9-13-12(14(17)18)7-15-16(13)2/h3-7H,8-9H2,1-2H3,(H,17,18). The van der Waals surface area contributed by atoms with Crippen LogP contribution in [0.4, 0.5) is 0 Å². The van der Waals surface area contributed by atoms with Crippen molar-refractivity contribution in [2.24, 2.45) is 7.05 Å². The number of nitrogens with zero attached hydrogens (tertiary/aromatic N) is 2. The van der Waals surface area contributed by atoms with Crippen molar-refractivity contribution in [3.05, 3.63) is 52.8 Å². The van der Waals surface area contributed by atoms with Gasteiger partial charge in [0.1, 0.15) is 5.56 Å². The van der Waals surface area contributed by atoms with E-state index in [2.05, 4.69) is 5.10 Å². The highest BCUT2D eigenvalue weighted by molar-refractivity contribution is 7.89. The predicted octanol–water partition coefficient (Wildman–Crippen LogP) is 1.54. The smallest absolute Gasteiger partial charge is 0.339 e. The predicted molar refractivity (Wildman–Crippen MR) is 77.7 cm³/mol. The van der Waals surface area contributed by atoms with E-state index in [1.165, 1.54) is 17.9 Å². The van der Waals surface area contributed by atoms with Gasteiger partial charge in [-0.2, -0.15) is 5.10 Å². The Morgan fingerprint density at radius 1 is 1.33 bits per heavy atom. The van der Waals surface area contributed by atoms with Crippen molar-refractivity contribution < 1.29 is 18.3 Å². The van der Waals surface area contributed by atoms with Crippen molar-refractivity contribution >= 4 is 15.8 Å². The molecule has 0 radical (unpaired) electrons. The van der Waals surface area contributed by atoms with Crippen LogP contribution in [0.1, 0.15) is 27.2 Å². The lowest BCUT2D eigenvalue weighted by molar-refractivity contribution is 0.0696. The highest BCUT2D eigenvalue weighted by Crippen LogP contribution is 2.16. The van der Waals surface area contributed by atoms with Gasteiger partial charge < -0.3 is 5.11 Å². The van der Waals surface area contributed by atoms with Crippen molar-refractivity contribution in [2.45, 2.75) is 18.4 Å². The van der Waals surface area contributed by atoms with Crippen LogP contribution in [0.2, 0.25) is 0 Å². The molecule has 1 aromatic heterocycles. The molecule has 1 N–H and O–H groups in total. The summed E-state index contributed by atoms with van der Waals surface area (Å²) >= 11 is 0. The second-order valence-electron chi connectivity index (χ2n) is 4.95. The van der Waals surface area contributed by atoms with Crippen molar-refractivity contribution in [2.75, 3.05) is 0 Å². The summed E-state index contributed by atoms with van der Waals surface area (Å²) in [6.45, 7) is 1.89. The van der Waals surface area contributed by atoms with E-state index in [4.69, 9.17) is 5.11 Å². The van der Waals surface area contributed by atoms with Crippen LogP contribution >= 0.6 is 0 Å². The highest BCUT2D eigenvalue weighted by Gasteiger charge is 2.22. The van der Waals surface area contributed by atoms with E-state index >= 15 is 0 Å². The Bertz CT molecular complexity index is 778. The van der Waals surface area contributed by atoms with Gasteiger partial charge in [-0.3, -0.25) is 4.68 Å². The first-order valence-corrected chi connectivity index (χ1v) is 8.11. The fourth-order valence-corrected chi connectivity index (χ4v) is 3.68.